The van der Waals surface area contributed by atoms with Crippen molar-refractivity contribution in [1.82, 2.24) is 9.80 Å². The molecule has 2 atom stereocenters. The van der Waals surface area contributed by atoms with Crippen molar-refractivity contribution in [2.75, 3.05) is 26.7 Å². The molecule has 21 heavy (non-hydrogen) atoms. The van der Waals surface area contributed by atoms with Crippen molar-refractivity contribution in [2.24, 2.45) is 0 Å². The monoisotopic (exact) mass is 292 g/mol. The van der Waals surface area contributed by atoms with E-state index in [1.807, 2.05) is 25.2 Å². The Morgan fingerprint density at radius 3 is 2.76 bits per heavy atom. The largest absolute Gasteiger partial charge is 0.450 e. The number of carbonyl (C=O) groups is 1. The minimum absolute atomic E-state index is 0.0656. The first-order chi connectivity index (χ1) is 10.1. The molecule has 1 aliphatic heterocycles. The highest BCUT2D eigenvalue weighted by atomic mass is 16.6. The van der Waals surface area contributed by atoms with Gasteiger partial charge in [-0.25, -0.2) is 4.79 Å². The van der Waals surface area contributed by atoms with Crippen LogP contribution in [0.15, 0.2) is 30.3 Å². The van der Waals surface area contributed by atoms with E-state index < -0.39 is 6.10 Å². The first-order valence-corrected chi connectivity index (χ1v) is 7.45. The van der Waals surface area contributed by atoms with Crippen molar-refractivity contribution in [3.63, 3.8) is 0 Å². The predicted octanol–water partition coefficient (Wildman–Crippen LogP) is 1.71. The number of rotatable bonds is 4. The van der Waals surface area contributed by atoms with Crippen molar-refractivity contribution in [1.29, 1.82) is 0 Å². The summed E-state index contributed by atoms with van der Waals surface area (Å²) in [5, 5.41) is 10.3. The lowest BCUT2D eigenvalue weighted by molar-refractivity contribution is -0.00719. The van der Waals surface area contributed by atoms with Crippen LogP contribution in [-0.2, 0) is 11.3 Å². The fraction of sp³-hybridized carbons (Fsp3) is 0.562. The molecule has 1 aromatic rings. The number of likely N-dealkylation sites (N-methyl/N-ethyl adjacent to an activating group) is 1. The number of benzene rings is 1. The first-order valence-electron chi connectivity index (χ1n) is 7.45. The minimum atomic E-state index is -0.545. The molecule has 1 aromatic carbocycles. The molecule has 1 aliphatic rings. The van der Waals surface area contributed by atoms with E-state index in [4.69, 9.17) is 4.74 Å². The van der Waals surface area contributed by atoms with Crippen LogP contribution in [0.1, 0.15) is 18.9 Å². The Morgan fingerprint density at radius 2 is 2.14 bits per heavy atom. The van der Waals surface area contributed by atoms with Crippen LogP contribution < -0.4 is 0 Å². The van der Waals surface area contributed by atoms with Gasteiger partial charge in [0.1, 0.15) is 0 Å². The van der Waals surface area contributed by atoms with Crippen LogP contribution in [0, 0.1) is 0 Å². The third-order valence-corrected chi connectivity index (χ3v) is 3.91. The molecule has 0 saturated carbocycles. The van der Waals surface area contributed by atoms with Crippen LogP contribution in [0.5, 0.6) is 0 Å². The third-order valence-electron chi connectivity index (χ3n) is 3.91. The highest BCUT2D eigenvalue weighted by Crippen LogP contribution is 2.18. The van der Waals surface area contributed by atoms with Gasteiger partial charge in [-0.1, -0.05) is 30.3 Å². The molecular weight excluding hydrogens is 268 g/mol. The molecule has 0 aliphatic carbocycles. The molecule has 0 aromatic heterocycles. The fourth-order valence-electron chi connectivity index (χ4n) is 2.80. The van der Waals surface area contributed by atoms with E-state index in [0.29, 0.717) is 19.7 Å². The van der Waals surface area contributed by atoms with Gasteiger partial charge in [-0.05, 0) is 26.0 Å². The maximum atomic E-state index is 11.7. The summed E-state index contributed by atoms with van der Waals surface area (Å²) >= 11 is 0. The average Bonchev–Trinajstić information content (AvgIpc) is 2.48. The van der Waals surface area contributed by atoms with E-state index >= 15 is 0 Å². The summed E-state index contributed by atoms with van der Waals surface area (Å²) in [7, 11) is 2.01. The molecule has 0 bridgehead atoms. The van der Waals surface area contributed by atoms with Crippen molar-refractivity contribution in [2.45, 2.75) is 32.0 Å². The first kappa shape index (κ1) is 15.8. The van der Waals surface area contributed by atoms with Gasteiger partial charge in [-0.3, -0.25) is 4.90 Å². The van der Waals surface area contributed by atoms with Crippen LogP contribution in [-0.4, -0.2) is 59.9 Å². The molecule has 2 rings (SSSR count). The minimum Gasteiger partial charge on any atom is -0.450 e. The fourth-order valence-corrected chi connectivity index (χ4v) is 2.80. The Labute approximate surface area is 126 Å². The molecular formula is C16H24N2O3. The summed E-state index contributed by atoms with van der Waals surface area (Å²) in [5.74, 6) is 0. The number of nitrogens with zero attached hydrogens (tertiary/aromatic N) is 2. The van der Waals surface area contributed by atoms with Gasteiger partial charge in [0, 0.05) is 19.1 Å². The van der Waals surface area contributed by atoms with Gasteiger partial charge in [0.25, 0.3) is 0 Å². The molecule has 0 spiro atoms. The maximum Gasteiger partial charge on any atom is 0.409 e. The smallest absolute Gasteiger partial charge is 0.409 e. The Bertz CT molecular complexity index is 452. The van der Waals surface area contributed by atoms with Crippen LogP contribution in [0.3, 0.4) is 0 Å². The number of carbonyl (C=O) groups excluding carboxylic acids is 1. The lowest BCUT2D eigenvalue weighted by Gasteiger charge is -2.39. The van der Waals surface area contributed by atoms with E-state index in [2.05, 4.69) is 17.0 Å². The standard InChI is InChI=1S/C16H24N2O3/c1-3-21-16(20)18-10-9-14(15(19)12-18)17(2)11-13-7-5-4-6-8-13/h4-8,14-15,19H,3,9-12H2,1-2H3/t14-,15-/m1/s1. The van der Waals surface area contributed by atoms with Crippen LogP contribution in [0.25, 0.3) is 0 Å². The summed E-state index contributed by atoms with van der Waals surface area (Å²) < 4.78 is 4.98. The molecule has 0 unspecified atom stereocenters. The van der Waals surface area contributed by atoms with E-state index in [9.17, 15) is 9.90 Å². The Morgan fingerprint density at radius 1 is 1.43 bits per heavy atom. The summed E-state index contributed by atoms with van der Waals surface area (Å²) in [5.41, 5.74) is 1.22. The van der Waals surface area contributed by atoms with Crippen LogP contribution in [0.4, 0.5) is 4.79 Å². The second kappa shape index (κ2) is 7.43. The Hall–Kier alpha value is -1.59. The molecule has 1 fully saturated rings. The van der Waals surface area contributed by atoms with E-state index in [-0.39, 0.29) is 12.1 Å². The highest BCUT2D eigenvalue weighted by Gasteiger charge is 2.32. The third kappa shape index (κ3) is 4.19. The van der Waals surface area contributed by atoms with Crippen molar-refractivity contribution in [3.05, 3.63) is 35.9 Å². The summed E-state index contributed by atoms with van der Waals surface area (Å²) in [6.07, 6.45) is -0.124. The molecule has 5 nitrogen and oxygen atoms in total. The molecule has 1 N–H and O–H groups in total. The number of aliphatic hydroxyl groups is 1. The molecule has 1 saturated heterocycles. The number of aliphatic hydroxyl groups excluding tert-OH is 1. The van der Waals surface area contributed by atoms with Crippen LogP contribution in [0.2, 0.25) is 0 Å². The lowest BCUT2D eigenvalue weighted by atomic mass is 10.00. The number of amides is 1. The predicted molar refractivity (Wildman–Crippen MR) is 80.9 cm³/mol. The lowest BCUT2D eigenvalue weighted by Crippen LogP contribution is -2.54. The topological polar surface area (TPSA) is 53.0 Å². The van der Waals surface area contributed by atoms with Gasteiger partial charge in [0.2, 0.25) is 0 Å². The normalized spacial score (nSPS) is 22.4. The number of piperidine rings is 1. The zero-order chi connectivity index (χ0) is 15.2. The van der Waals surface area contributed by atoms with Gasteiger partial charge >= 0.3 is 6.09 Å². The summed E-state index contributed by atoms with van der Waals surface area (Å²) in [6, 6.07) is 10.3. The Kier molecular flexibility index (Phi) is 5.59. The van der Waals surface area contributed by atoms with Gasteiger partial charge in [0.15, 0.2) is 0 Å². The Balaban J connectivity index is 1.89. The second-order valence-corrected chi connectivity index (χ2v) is 5.47. The van der Waals surface area contributed by atoms with Gasteiger partial charge in [-0.15, -0.1) is 0 Å². The maximum absolute atomic E-state index is 11.7. The average molecular weight is 292 g/mol. The van der Waals surface area contributed by atoms with E-state index in [0.717, 1.165) is 13.0 Å². The number of hydrogen-bond donors (Lipinski definition) is 1. The zero-order valence-corrected chi connectivity index (χ0v) is 12.7. The van der Waals surface area contributed by atoms with Crippen molar-refractivity contribution >= 4 is 6.09 Å². The molecule has 116 valence electrons. The number of likely N-dealkylation sites (tertiary alicyclic amines) is 1. The van der Waals surface area contributed by atoms with E-state index in [1.54, 1.807) is 11.8 Å². The SMILES string of the molecule is CCOC(=O)N1CC[C@@H](N(C)Cc2ccccc2)[C@H](O)C1. The van der Waals surface area contributed by atoms with E-state index in [1.165, 1.54) is 5.56 Å². The quantitative estimate of drug-likeness (QED) is 0.918. The molecule has 0 radical (unpaired) electrons. The zero-order valence-electron chi connectivity index (χ0n) is 12.7. The van der Waals surface area contributed by atoms with Gasteiger partial charge < -0.3 is 14.7 Å². The summed E-state index contributed by atoms with van der Waals surface area (Å²) in [4.78, 5) is 15.4. The molecule has 5 heteroatoms. The number of β-amino-alcohol motifs (C(OH)–C–C–N with tert-alkyl or cyclic N) is 1. The molecule has 1 amide bonds. The second-order valence-electron chi connectivity index (χ2n) is 5.47. The van der Waals surface area contributed by atoms with Gasteiger partial charge in [0.05, 0.1) is 19.3 Å². The van der Waals surface area contributed by atoms with Crippen molar-refractivity contribution < 1.29 is 14.6 Å². The summed E-state index contributed by atoms with van der Waals surface area (Å²) in [6.45, 7) is 3.90. The van der Waals surface area contributed by atoms with Crippen LogP contribution >= 0.6 is 0 Å². The molecule has 1 heterocycles. The van der Waals surface area contributed by atoms with Gasteiger partial charge in [-0.2, -0.15) is 0 Å². The number of ether oxygens (including phenoxy) is 1. The van der Waals surface area contributed by atoms with Crippen molar-refractivity contribution in [3.8, 4) is 0 Å². The highest BCUT2D eigenvalue weighted by molar-refractivity contribution is 5.67. The number of hydrogen-bond acceptors (Lipinski definition) is 4.